The Labute approximate surface area is 126 Å². The molecule has 2 aromatic rings. The van der Waals surface area contributed by atoms with Crippen molar-refractivity contribution in [3.63, 3.8) is 0 Å². The summed E-state index contributed by atoms with van der Waals surface area (Å²) in [7, 11) is -2.41. The van der Waals surface area contributed by atoms with Gasteiger partial charge in [-0.25, -0.2) is 12.8 Å². The lowest BCUT2D eigenvalue weighted by molar-refractivity contribution is 0.462. The highest BCUT2D eigenvalue weighted by Crippen LogP contribution is 2.22. The summed E-state index contributed by atoms with van der Waals surface area (Å²) in [6.45, 7) is 0.219. The topological polar surface area (TPSA) is 37.4 Å². The summed E-state index contributed by atoms with van der Waals surface area (Å²) < 4.78 is 39.7. The van der Waals surface area contributed by atoms with Crippen LogP contribution >= 0.6 is 22.9 Å². The molecule has 0 aliphatic carbocycles. The van der Waals surface area contributed by atoms with Gasteiger partial charge in [0.1, 0.15) is 10.7 Å². The monoisotopic (exact) mass is 333 g/mol. The number of benzene rings is 1. The van der Waals surface area contributed by atoms with E-state index in [1.54, 1.807) is 0 Å². The van der Waals surface area contributed by atoms with Gasteiger partial charge >= 0.3 is 0 Å². The van der Waals surface area contributed by atoms with Gasteiger partial charge in [0.25, 0.3) is 0 Å². The van der Waals surface area contributed by atoms with E-state index in [1.807, 2.05) is 17.5 Å². The van der Waals surface area contributed by atoms with Gasteiger partial charge in [0.15, 0.2) is 0 Å². The average molecular weight is 334 g/mol. The van der Waals surface area contributed by atoms with Crippen LogP contribution in [0.4, 0.5) is 4.39 Å². The van der Waals surface area contributed by atoms with Gasteiger partial charge in [-0.1, -0.05) is 12.1 Å². The predicted molar refractivity (Wildman–Crippen MR) is 78.9 cm³/mol. The first-order chi connectivity index (χ1) is 9.45. The zero-order chi connectivity index (χ0) is 14.8. The highest BCUT2D eigenvalue weighted by Gasteiger charge is 2.24. The number of alkyl halides is 1. The Morgan fingerprint density at radius 1 is 1.35 bits per heavy atom. The van der Waals surface area contributed by atoms with Crippen LogP contribution in [0, 0.1) is 5.82 Å². The van der Waals surface area contributed by atoms with Gasteiger partial charge in [-0.15, -0.1) is 22.9 Å². The molecule has 0 atom stereocenters. The molecule has 20 heavy (non-hydrogen) atoms. The Bertz CT molecular complexity index is 686. The van der Waals surface area contributed by atoms with Crippen molar-refractivity contribution >= 4 is 33.0 Å². The number of nitrogens with zero attached hydrogens (tertiary/aromatic N) is 1. The van der Waals surface area contributed by atoms with Crippen LogP contribution in [0.3, 0.4) is 0 Å². The second-order valence-electron chi connectivity index (χ2n) is 4.24. The molecule has 0 aliphatic heterocycles. The van der Waals surface area contributed by atoms with Crippen LogP contribution in [-0.4, -0.2) is 19.8 Å². The molecule has 0 saturated carbocycles. The van der Waals surface area contributed by atoms with E-state index < -0.39 is 15.8 Å². The van der Waals surface area contributed by atoms with Crippen molar-refractivity contribution < 1.29 is 12.8 Å². The smallest absolute Gasteiger partial charge is 0.207 e. The fraction of sp³-hybridized carbons (Fsp3) is 0.231. The van der Waals surface area contributed by atoms with Crippen molar-refractivity contribution in [1.82, 2.24) is 4.31 Å². The minimum absolute atomic E-state index is 0.141. The van der Waals surface area contributed by atoms with E-state index in [0.717, 1.165) is 15.2 Å². The molecule has 0 aliphatic rings. The van der Waals surface area contributed by atoms with Gasteiger partial charge in [0.2, 0.25) is 10.0 Å². The molecule has 0 saturated heterocycles. The van der Waals surface area contributed by atoms with Crippen LogP contribution in [0.2, 0.25) is 0 Å². The standard InChI is InChI=1S/C13H13ClFNO2S2/c1-16(9-11-3-2-6-19-11)20(17,18)13-5-4-10(8-14)7-12(13)15/h2-7H,8-9H2,1H3. The number of rotatable bonds is 5. The molecule has 3 nitrogen and oxygen atoms in total. The molecule has 0 fully saturated rings. The van der Waals surface area contributed by atoms with E-state index in [2.05, 4.69) is 0 Å². The average Bonchev–Trinajstić information content (AvgIpc) is 2.91. The summed E-state index contributed by atoms with van der Waals surface area (Å²) in [5, 5.41) is 1.87. The van der Waals surface area contributed by atoms with Gasteiger partial charge in [0.05, 0.1) is 0 Å². The number of hydrogen-bond acceptors (Lipinski definition) is 3. The first-order valence-corrected chi connectivity index (χ1v) is 8.63. The van der Waals surface area contributed by atoms with Crippen molar-refractivity contribution in [3.8, 4) is 0 Å². The maximum atomic E-state index is 13.9. The third-order valence-electron chi connectivity index (χ3n) is 2.80. The highest BCUT2D eigenvalue weighted by molar-refractivity contribution is 7.89. The third-order valence-corrected chi connectivity index (χ3v) is 5.80. The van der Waals surface area contributed by atoms with Crippen LogP contribution in [0.15, 0.2) is 40.6 Å². The maximum absolute atomic E-state index is 13.9. The Hall–Kier alpha value is -0.950. The molecule has 108 valence electrons. The zero-order valence-corrected chi connectivity index (χ0v) is 13.1. The first-order valence-electron chi connectivity index (χ1n) is 5.78. The fourth-order valence-corrected chi connectivity index (χ4v) is 3.91. The van der Waals surface area contributed by atoms with Gasteiger partial charge < -0.3 is 0 Å². The summed E-state index contributed by atoms with van der Waals surface area (Å²) >= 11 is 7.05. The largest absolute Gasteiger partial charge is 0.246 e. The van der Waals surface area contributed by atoms with E-state index >= 15 is 0 Å². The number of thiophene rings is 1. The van der Waals surface area contributed by atoms with Crippen molar-refractivity contribution in [2.24, 2.45) is 0 Å². The lowest BCUT2D eigenvalue weighted by atomic mass is 10.2. The van der Waals surface area contributed by atoms with Crippen molar-refractivity contribution in [3.05, 3.63) is 52.0 Å². The minimum atomic E-state index is -3.85. The van der Waals surface area contributed by atoms with Gasteiger partial charge in [-0.2, -0.15) is 4.31 Å². The van der Waals surface area contributed by atoms with Crippen molar-refractivity contribution in [2.75, 3.05) is 7.05 Å². The van der Waals surface area contributed by atoms with Gasteiger partial charge in [-0.3, -0.25) is 0 Å². The second-order valence-corrected chi connectivity index (χ2v) is 7.55. The van der Waals surface area contributed by atoms with E-state index in [-0.39, 0.29) is 17.3 Å². The molecule has 0 spiro atoms. The Balaban J connectivity index is 2.30. The van der Waals surface area contributed by atoms with Gasteiger partial charge in [-0.05, 0) is 29.1 Å². The molecule has 1 aromatic carbocycles. The third kappa shape index (κ3) is 3.20. The summed E-state index contributed by atoms with van der Waals surface area (Å²) in [4.78, 5) is 0.569. The first kappa shape index (κ1) is 15.4. The highest BCUT2D eigenvalue weighted by atomic mass is 35.5. The molecule has 0 radical (unpaired) electrons. The molecule has 7 heteroatoms. The van der Waals surface area contributed by atoms with Crippen molar-refractivity contribution in [2.45, 2.75) is 17.3 Å². The predicted octanol–water partition coefficient (Wildman–Crippen LogP) is 3.45. The maximum Gasteiger partial charge on any atom is 0.246 e. The molecule has 2 rings (SSSR count). The second kappa shape index (κ2) is 6.22. The summed E-state index contributed by atoms with van der Waals surface area (Å²) in [5.74, 6) is -0.636. The number of halogens is 2. The molecule has 0 unspecified atom stereocenters. The normalized spacial score (nSPS) is 12.0. The van der Waals surface area contributed by atoms with Gasteiger partial charge in [0, 0.05) is 24.3 Å². The molecule has 0 N–H and O–H groups in total. The fourth-order valence-electron chi connectivity index (χ4n) is 1.71. The van der Waals surface area contributed by atoms with Crippen LogP contribution in [-0.2, 0) is 22.4 Å². The van der Waals surface area contributed by atoms with E-state index in [0.29, 0.717) is 5.56 Å². The number of hydrogen-bond donors (Lipinski definition) is 0. The quantitative estimate of drug-likeness (QED) is 0.786. The van der Waals surface area contributed by atoms with Crippen LogP contribution in [0.5, 0.6) is 0 Å². The molecule has 0 bridgehead atoms. The molecule has 1 aromatic heterocycles. The molecular formula is C13H13ClFNO2S2. The number of sulfonamides is 1. The zero-order valence-electron chi connectivity index (χ0n) is 10.7. The van der Waals surface area contributed by atoms with E-state index in [1.165, 1.54) is 30.5 Å². The minimum Gasteiger partial charge on any atom is -0.207 e. The molecular weight excluding hydrogens is 321 g/mol. The van der Waals surface area contributed by atoms with Crippen LogP contribution in [0.25, 0.3) is 0 Å². The Morgan fingerprint density at radius 3 is 2.65 bits per heavy atom. The SMILES string of the molecule is CN(Cc1cccs1)S(=O)(=O)c1ccc(CCl)cc1F. The summed E-state index contributed by atoms with van der Waals surface area (Å²) in [6.07, 6.45) is 0. The molecule has 0 amide bonds. The Morgan fingerprint density at radius 2 is 2.10 bits per heavy atom. The molecule has 1 heterocycles. The summed E-state index contributed by atoms with van der Waals surface area (Å²) in [6, 6.07) is 7.61. The van der Waals surface area contributed by atoms with Crippen LogP contribution < -0.4 is 0 Å². The van der Waals surface area contributed by atoms with E-state index in [4.69, 9.17) is 11.6 Å². The lowest BCUT2D eigenvalue weighted by Gasteiger charge is -2.17. The van der Waals surface area contributed by atoms with Crippen molar-refractivity contribution in [1.29, 1.82) is 0 Å². The van der Waals surface area contributed by atoms with Crippen LogP contribution in [0.1, 0.15) is 10.4 Å². The lowest BCUT2D eigenvalue weighted by Crippen LogP contribution is -2.27. The van der Waals surface area contributed by atoms with E-state index in [9.17, 15) is 12.8 Å². The summed E-state index contributed by atoms with van der Waals surface area (Å²) in [5.41, 5.74) is 0.545. The Kier molecular flexibility index (Phi) is 4.80.